The highest BCUT2D eigenvalue weighted by molar-refractivity contribution is 5.86. The second-order valence-corrected chi connectivity index (χ2v) is 7.59. The maximum Gasteiger partial charge on any atom is 0.507 e. The van der Waals surface area contributed by atoms with E-state index in [1.165, 1.54) is 9.80 Å². The molecular weight excluding hydrogens is 356 g/mol. The van der Waals surface area contributed by atoms with Crippen LogP contribution in [0, 0.1) is 11.8 Å². The molecule has 2 amide bonds. The third kappa shape index (κ3) is 4.17. The van der Waals surface area contributed by atoms with Gasteiger partial charge in [-0.25, -0.2) is 9.59 Å². The van der Waals surface area contributed by atoms with Gasteiger partial charge in [-0.15, -0.1) is 0 Å². The zero-order valence-corrected chi connectivity index (χ0v) is 15.2. The van der Waals surface area contributed by atoms with Gasteiger partial charge in [0.25, 0.3) is 0 Å². The summed E-state index contributed by atoms with van der Waals surface area (Å²) in [6.45, 7) is 0.973. The molecule has 0 radical (unpaired) electrons. The predicted octanol–water partition coefficient (Wildman–Crippen LogP) is 1.51. The smallest absolute Gasteiger partial charge is 0.480 e. The Morgan fingerprint density at radius 1 is 0.741 bits per heavy atom. The van der Waals surface area contributed by atoms with Crippen LogP contribution < -0.4 is 0 Å². The summed E-state index contributed by atoms with van der Waals surface area (Å²) in [7, 11) is 0. The highest BCUT2D eigenvalue weighted by Crippen LogP contribution is 2.34. The van der Waals surface area contributed by atoms with Crippen molar-refractivity contribution in [1.29, 1.82) is 0 Å². The van der Waals surface area contributed by atoms with Crippen LogP contribution in [0.25, 0.3) is 0 Å². The standard InChI is InChI=1S/C18H26N2O7/c21-15(19-9-1-3-13(19)17(23)24)11-5-7-12(8-6-11)16(22)20-10-2-4-14(20)27-18(25)26/h11-14H,1-10H2,(H,23,24)(H,25,26)/t11-,12+,13-,14-/m1/s1. The Morgan fingerprint density at radius 3 is 1.81 bits per heavy atom. The van der Waals surface area contributed by atoms with Gasteiger partial charge in [-0.3, -0.25) is 9.59 Å². The van der Waals surface area contributed by atoms with Crippen molar-refractivity contribution in [2.75, 3.05) is 13.1 Å². The minimum Gasteiger partial charge on any atom is -0.480 e. The Labute approximate surface area is 157 Å². The van der Waals surface area contributed by atoms with E-state index >= 15 is 0 Å². The molecule has 2 aliphatic heterocycles. The number of carbonyl (C=O) groups is 4. The average Bonchev–Trinajstić information content (AvgIpc) is 3.29. The molecule has 150 valence electrons. The van der Waals surface area contributed by atoms with Crippen LogP contribution in [0.2, 0.25) is 0 Å². The first-order chi connectivity index (χ1) is 12.9. The van der Waals surface area contributed by atoms with E-state index in [9.17, 15) is 24.3 Å². The normalized spacial score (nSPS) is 31.0. The number of ether oxygens (including phenoxy) is 1. The van der Waals surface area contributed by atoms with Crippen LogP contribution in [0.4, 0.5) is 4.79 Å². The van der Waals surface area contributed by atoms with Crippen LogP contribution in [-0.4, -0.2) is 69.3 Å². The molecule has 2 saturated heterocycles. The van der Waals surface area contributed by atoms with Gasteiger partial charge in [0.05, 0.1) is 0 Å². The summed E-state index contributed by atoms with van der Waals surface area (Å²) < 4.78 is 4.80. The predicted molar refractivity (Wildman–Crippen MR) is 91.7 cm³/mol. The molecule has 3 fully saturated rings. The van der Waals surface area contributed by atoms with E-state index in [2.05, 4.69) is 0 Å². The third-order valence-electron chi connectivity index (χ3n) is 5.96. The van der Waals surface area contributed by atoms with E-state index in [1.807, 2.05) is 0 Å². The monoisotopic (exact) mass is 382 g/mol. The number of aliphatic carboxylic acids is 1. The highest BCUT2D eigenvalue weighted by atomic mass is 16.7. The van der Waals surface area contributed by atoms with Crippen molar-refractivity contribution in [3.63, 3.8) is 0 Å². The fraction of sp³-hybridized carbons (Fsp3) is 0.778. The minimum absolute atomic E-state index is 0.103. The fourth-order valence-electron chi connectivity index (χ4n) is 4.57. The van der Waals surface area contributed by atoms with Crippen LogP contribution in [0.5, 0.6) is 0 Å². The Morgan fingerprint density at radius 2 is 1.26 bits per heavy atom. The van der Waals surface area contributed by atoms with E-state index in [-0.39, 0.29) is 23.7 Å². The maximum absolute atomic E-state index is 12.7. The van der Waals surface area contributed by atoms with E-state index in [0.29, 0.717) is 64.5 Å². The molecule has 1 aliphatic carbocycles. The summed E-state index contributed by atoms with van der Waals surface area (Å²) in [5.41, 5.74) is 0. The first-order valence-electron chi connectivity index (χ1n) is 9.62. The molecule has 2 atom stereocenters. The van der Waals surface area contributed by atoms with Crippen LogP contribution in [0.1, 0.15) is 51.4 Å². The summed E-state index contributed by atoms with van der Waals surface area (Å²) in [5, 5.41) is 18.1. The lowest BCUT2D eigenvalue weighted by molar-refractivity contribution is -0.151. The van der Waals surface area contributed by atoms with Crippen LogP contribution in [0.15, 0.2) is 0 Å². The molecule has 27 heavy (non-hydrogen) atoms. The van der Waals surface area contributed by atoms with Gasteiger partial charge < -0.3 is 24.7 Å². The molecule has 3 aliphatic rings. The molecule has 0 spiro atoms. The van der Waals surface area contributed by atoms with Crippen molar-refractivity contribution in [3.8, 4) is 0 Å². The molecule has 9 nitrogen and oxygen atoms in total. The van der Waals surface area contributed by atoms with Crippen molar-refractivity contribution < 1.29 is 34.1 Å². The number of carbonyl (C=O) groups excluding carboxylic acids is 2. The number of carboxylic acids is 1. The van der Waals surface area contributed by atoms with E-state index in [4.69, 9.17) is 9.84 Å². The Kier molecular flexibility index (Phi) is 5.86. The molecule has 0 aromatic carbocycles. The lowest BCUT2D eigenvalue weighted by Gasteiger charge is -2.34. The summed E-state index contributed by atoms with van der Waals surface area (Å²) in [6, 6.07) is -0.726. The molecule has 9 heteroatoms. The molecular formula is C18H26N2O7. The summed E-state index contributed by atoms with van der Waals surface area (Å²) in [6.07, 6.45) is 2.54. The maximum atomic E-state index is 12.7. The molecule has 0 aromatic rings. The van der Waals surface area contributed by atoms with Crippen molar-refractivity contribution in [2.24, 2.45) is 11.8 Å². The lowest BCUT2D eigenvalue weighted by Crippen LogP contribution is -2.46. The molecule has 0 aromatic heterocycles. The lowest BCUT2D eigenvalue weighted by atomic mass is 9.80. The fourth-order valence-corrected chi connectivity index (χ4v) is 4.57. The largest absolute Gasteiger partial charge is 0.507 e. The first kappa shape index (κ1) is 19.4. The second-order valence-electron chi connectivity index (χ2n) is 7.59. The van der Waals surface area contributed by atoms with Gasteiger partial charge in [0, 0.05) is 31.3 Å². The van der Waals surface area contributed by atoms with E-state index < -0.39 is 24.4 Å². The van der Waals surface area contributed by atoms with Gasteiger partial charge in [-0.1, -0.05) is 0 Å². The second kappa shape index (κ2) is 8.14. The summed E-state index contributed by atoms with van der Waals surface area (Å²) in [5.74, 6) is -1.64. The molecule has 3 rings (SSSR count). The first-order valence-corrected chi connectivity index (χ1v) is 9.62. The van der Waals surface area contributed by atoms with Crippen molar-refractivity contribution in [3.05, 3.63) is 0 Å². The zero-order chi connectivity index (χ0) is 19.6. The molecule has 1 saturated carbocycles. The van der Waals surface area contributed by atoms with Gasteiger partial charge >= 0.3 is 12.1 Å². The average molecular weight is 382 g/mol. The Hall–Kier alpha value is -2.32. The number of carboxylic acid groups (broad SMARTS) is 2. The van der Waals surface area contributed by atoms with E-state index in [1.54, 1.807) is 0 Å². The number of amides is 2. The van der Waals surface area contributed by atoms with Gasteiger partial charge in [0.2, 0.25) is 11.8 Å². The summed E-state index contributed by atoms with van der Waals surface area (Å²) in [4.78, 5) is 50.5. The molecule has 0 bridgehead atoms. The number of nitrogens with zero attached hydrogens (tertiary/aromatic N) is 2. The van der Waals surface area contributed by atoms with Crippen molar-refractivity contribution in [2.45, 2.75) is 63.6 Å². The van der Waals surface area contributed by atoms with Crippen molar-refractivity contribution >= 4 is 23.9 Å². The topological polar surface area (TPSA) is 124 Å². The number of rotatable bonds is 4. The van der Waals surface area contributed by atoms with Crippen LogP contribution in [-0.2, 0) is 19.1 Å². The van der Waals surface area contributed by atoms with Gasteiger partial charge in [-0.05, 0) is 44.9 Å². The summed E-state index contributed by atoms with van der Waals surface area (Å²) >= 11 is 0. The number of hydrogen-bond donors (Lipinski definition) is 2. The van der Waals surface area contributed by atoms with Crippen molar-refractivity contribution in [1.82, 2.24) is 9.80 Å². The Bertz CT molecular complexity index is 615. The third-order valence-corrected chi connectivity index (χ3v) is 5.96. The molecule has 2 N–H and O–H groups in total. The molecule has 0 unspecified atom stereocenters. The van der Waals surface area contributed by atoms with Gasteiger partial charge in [0.15, 0.2) is 6.23 Å². The van der Waals surface area contributed by atoms with Crippen LogP contribution in [0.3, 0.4) is 0 Å². The highest BCUT2D eigenvalue weighted by Gasteiger charge is 2.41. The van der Waals surface area contributed by atoms with Gasteiger partial charge in [0.1, 0.15) is 6.04 Å². The molecule has 2 heterocycles. The van der Waals surface area contributed by atoms with Gasteiger partial charge in [-0.2, -0.15) is 0 Å². The zero-order valence-electron chi connectivity index (χ0n) is 15.2. The number of hydrogen-bond acceptors (Lipinski definition) is 5. The SMILES string of the molecule is O=C(O)O[C@@H]1CCCN1C(=O)[C@H]1CC[C@@H](C(=O)N2CCC[C@@H]2C(=O)O)CC1. The van der Waals surface area contributed by atoms with Crippen LogP contribution >= 0.6 is 0 Å². The van der Waals surface area contributed by atoms with E-state index in [0.717, 1.165) is 0 Å². The Balaban J connectivity index is 1.54. The quantitative estimate of drug-likeness (QED) is 0.706. The minimum atomic E-state index is -1.38. The number of likely N-dealkylation sites (tertiary alicyclic amines) is 2.